The van der Waals surface area contributed by atoms with E-state index in [1.165, 1.54) is 0 Å². The fourth-order valence-electron chi connectivity index (χ4n) is 2.14. The minimum atomic E-state index is 0.424. The lowest BCUT2D eigenvalue weighted by molar-refractivity contribution is 0.112. The number of aldehydes is 1. The van der Waals surface area contributed by atoms with Crippen LogP contribution in [0, 0.1) is 0 Å². The van der Waals surface area contributed by atoms with Crippen molar-refractivity contribution in [3.05, 3.63) is 29.8 Å². The third-order valence-corrected chi connectivity index (χ3v) is 4.64. The highest BCUT2D eigenvalue weighted by Gasteiger charge is 2.16. The SMILES string of the molecule is CC(C)N(C(=S)SCCCOc1ccc(C=O)cc1)C(C)C. The first-order valence-corrected chi connectivity index (χ1v) is 8.98. The number of carbonyl (C=O) groups is 1. The topological polar surface area (TPSA) is 29.5 Å². The zero-order chi connectivity index (χ0) is 16.5. The number of nitrogens with zero attached hydrogens (tertiary/aromatic N) is 1. The molecule has 0 aliphatic rings. The van der Waals surface area contributed by atoms with Crippen molar-refractivity contribution < 1.29 is 9.53 Å². The van der Waals surface area contributed by atoms with Crippen LogP contribution in [0.1, 0.15) is 44.5 Å². The first kappa shape index (κ1) is 19.0. The number of rotatable bonds is 8. The highest BCUT2D eigenvalue weighted by atomic mass is 32.2. The maximum Gasteiger partial charge on any atom is 0.150 e. The molecule has 5 heteroatoms. The summed E-state index contributed by atoms with van der Waals surface area (Å²) in [5.41, 5.74) is 0.663. The predicted molar refractivity (Wildman–Crippen MR) is 99.1 cm³/mol. The largest absolute Gasteiger partial charge is 0.494 e. The van der Waals surface area contributed by atoms with Crippen molar-refractivity contribution in [3.8, 4) is 5.75 Å². The molecule has 0 aromatic heterocycles. The van der Waals surface area contributed by atoms with Gasteiger partial charge in [-0.05, 0) is 58.4 Å². The molecule has 1 aromatic carbocycles. The van der Waals surface area contributed by atoms with Gasteiger partial charge in [-0.2, -0.15) is 0 Å². The average molecular weight is 340 g/mol. The van der Waals surface area contributed by atoms with E-state index in [-0.39, 0.29) is 0 Å². The van der Waals surface area contributed by atoms with E-state index in [2.05, 4.69) is 32.6 Å². The molecule has 3 nitrogen and oxygen atoms in total. The van der Waals surface area contributed by atoms with Gasteiger partial charge in [0, 0.05) is 23.4 Å². The number of hydrogen-bond donors (Lipinski definition) is 0. The van der Waals surface area contributed by atoms with Gasteiger partial charge in [-0.15, -0.1) is 0 Å². The molecular weight excluding hydrogens is 314 g/mol. The molecule has 22 heavy (non-hydrogen) atoms. The minimum Gasteiger partial charge on any atom is -0.494 e. The van der Waals surface area contributed by atoms with Gasteiger partial charge in [-0.25, -0.2) is 0 Å². The molecule has 122 valence electrons. The number of benzene rings is 1. The van der Waals surface area contributed by atoms with Crippen molar-refractivity contribution in [2.45, 2.75) is 46.2 Å². The third-order valence-electron chi connectivity index (χ3n) is 3.12. The van der Waals surface area contributed by atoms with E-state index in [0.29, 0.717) is 24.3 Å². The molecule has 0 atom stereocenters. The molecule has 0 heterocycles. The molecule has 1 rings (SSSR count). The molecule has 0 fully saturated rings. The van der Waals surface area contributed by atoms with Crippen LogP contribution in [0.4, 0.5) is 0 Å². The molecule has 0 bridgehead atoms. The highest BCUT2D eigenvalue weighted by molar-refractivity contribution is 8.22. The summed E-state index contributed by atoms with van der Waals surface area (Å²) in [6.45, 7) is 9.31. The van der Waals surface area contributed by atoms with E-state index >= 15 is 0 Å². The summed E-state index contributed by atoms with van der Waals surface area (Å²) >= 11 is 7.23. The Morgan fingerprint density at radius 1 is 1.23 bits per heavy atom. The highest BCUT2D eigenvalue weighted by Crippen LogP contribution is 2.17. The Morgan fingerprint density at radius 3 is 2.32 bits per heavy atom. The maximum atomic E-state index is 10.6. The number of carbonyl (C=O) groups excluding carboxylic acids is 1. The molecule has 0 spiro atoms. The summed E-state index contributed by atoms with van der Waals surface area (Å²) < 4.78 is 6.62. The van der Waals surface area contributed by atoms with E-state index in [1.807, 2.05) is 12.1 Å². The van der Waals surface area contributed by atoms with Crippen LogP contribution in [0.2, 0.25) is 0 Å². The minimum absolute atomic E-state index is 0.424. The normalized spacial score (nSPS) is 10.8. The number of thioether (sulfide) groups is 1. The summed E-state index contributed by atoms with van der Waals surface area (Å²) in [6.07, 6.45) is 1.76. The number of thiocarbonyl (C=S) groups is 1. The zero-order valence-electron chi connectivity index (χ0n) is 13.7. The van der Waals surface area contributed by atoms with Crippen molar-refractivity contribution in [1.29, 1.82) is 0 Å². The monoisotopic (exact) mass is 339 g/mol. The molecule has 0 aliphatic carbocycles. The van der Waals surface area contributed by atoms with Crippen LogP contribution in [-0.2, 0) is 0 Å². The van der Waals surface area contributed by atoms with Gasteiger partial charge in [0.2, 0.25) is 0 Å². The Labute approximate surface area is 143 Å². The second-order valence-corrected chi connectivity index (χ2v) is 7.33. The van der Waals surface area contributed by atoms with Gasteiger partial charge in [-0.1, -0.05) is 24.0 Å². The van der Waals surface area contributed by atoms with Crippen LogP contribution in [0.15, 0.2) is 24.3 Å². The average Bonchev–Trinajstić information content (AvgIpc) is 2.46. The van der Waals surface area contributed by atoms with E-state index in [9.17, 15) is 4.79 Å². The Hall–Kier alpha value is -1.07. The van der Waals surface area contributed by atoms with Gasteiger partial charge in [0.05, 0.1) is 6.61 Å². The quantitative estimate of drug-likeness (QED) is 0.398. The summed E-state index contributed by atoms with van der Waals surface area (Å²) in [6, 6.07) is 8.01. The number of hydrogen-bond acceptors (Lipinski definition) is 4. The molecular formula is C17H25NO2S2. The smallest absolute Gasteiger partial charge is 0.150 e. The Kier molecular flexibility index (Phi) is 8.49. The van der Waals surface area contributed by atoms with E-state index in [4.69, 9.17) is 17.0 Å². The van der Waals surface area contributed by atoms with Gasteiger partial charge < -0.3 is 9.64 Å². The summed E-state index contributed by atoms with van der Waals surface area (Å²) in [4.78, 5) is 12.8. The van der Waals surface area contributed by atoms with Crippen LogP contribution < -0.4 is 4.74 Å². The summed E-state index contributed by atoms with van der Waals surface area (Å²) in [5.74, 6) is 1.74. The first-order chi connectivity index (χ1) is 10.5. The van der Waals surface area contributed by atoms with Gasteiger partial charge in [0.25, 0.3) is 0 Å². The molecule has 0 amide bonds. The lowest BCUT2D eigenvalue weighted by Crippen LogP contribution is -2.39. The van der Waals surface area contributed by atoms with E-state index in [1.54, 1.807) is 23.9 Å². The van der Waals surface area contributed by atoms with Gasteiger partial charge >= 0.3 is 0 Å². The van der Waals surface area contributed by atoms with Crippen LogP contribution in [0.5, 0.6) is 5.75 Å². The second kappa shape index (κ2) is 9.85. The Balaban J connectivity index is 2.26. The van der Waals surface area contributed by atoms with Crippen molar-refractivity contribution in [2.24, 2.45) is 0 Å². The molecule has 0 aliphatic heterocycles. The van der Waals surface area contributed by atoms with Gasteiger partial charge in [0.15, 0.2) is 0 Å². The fraction of sp³-hybridized carbons (Fsp3) is 0.529. The molecule has 1 aromatic rings. The van der Waals surface area contributed by atoms with Crippen molar-refractivity contribution in [2.75, 3.05) is 12.4 Å². The van der Waals surface area contributed by atoms with E-state index in [0.717, 1.165) is 28.5 Å². The summed E-state index contributed by atoms with van der Waals surface area (Å²) in [5, 5.41) is 0. The van der Waals surface area contributed by atoms with Crippen LogP contribution in [0.25, 0.3) is 0 Å². The van der Waals surface area contributed by atoms with Gasteiger partial charge in [0.1, 0.15) is 16.4 Å². The molecule has 0 N–H and O–H groups in total. The van der Waals surface area contributed by atoms with Crippen LogP contribution >= 0.6 is 24.0 Å². The predicted octanol–water partition coefficient (Wildman–Crippen LogP) is 4.40. The van der Waals surface area contributed by atoms with Crippen molar-refractivity contribution in [3.63, 3.8) is 0 Å². The number of ether oxygens (including phenoxy) is 1. The molecule has 0 radical (unpaired) electrons. The fourth-order valence-corrected chi connectivity index (χ4v) is 3.82. The first-order valence-electron chi connectivity index (χ1n) is 7.58. The standard InChI is InChI=1S/C17H25NO2S2/c1-13(2)18(14(3)4)17(21)22-11-5-10-20-16-8-6-15(12-19)7-9-16/h6-9,12-14H,5,10-11H2,1-4H3. The molecule has 0 unspecified atom stereocenters. The molecule has 0 saturated heterocycles. The lowest BCUT2D eigenvalue weighted by atomic mass is 10.2. The zero-order valence-corrected chi connectivity index (χ0v) is 15.4. The molecule has 0 saturated carbocycles. The Morgan fingerprint density at radius 2 is 1.82 bits per heavy atom. The van der Waals surface area contributed by atoms with Crippen molar-refractivity contribution in [1.82, 2.24) is 4.90 Å². The third kappa shape index (κ3) is 6.36. The maximum absolute atomic E-state index is 10.6. The second-order valence-electron chi connectivity index (χ2n) is 5.60. The van der Waals surface area contributed by atoms with Crippen LogP contribution in [-0.4, -0.2) is 40.0 Å². The lowest BCUT2D eigenvalue weighted by Gasteiger charge is -2.32. The summed E-state index contributed by atoms with van der Waals surface area (Å²) in [7, 11) is 0. The van der Waals surface area contributed by atoms with Crippen LogP contribution in [0.3, 0.4) is 0 Å². The van der Waals surface area contributed by atoms with Gasteiger partial charge in [-0.3, -0.25) is 4.79 Å². The van der Waals surface area contributed by atoms with E-state index < -0.39 is 0 Å². The Bertz CT molecular complexity index is 464. The van der Waals surface area contributed by atoms with Crippen molar-refractivity contribution >= 4 is 34.6 Å².